The number of aromatic nitrogens is 1. The fourth-order valence-electron chi connectivity index (χ4n) is 3.51. The molecule has 2 aromatic heterocycles. The molecule has 0 radical (unpaired) electrons. The van der Waals surface area contributed by atoms with E-state index in [4.69, 9.17) is 0 Å². The van der Waals surface area contributed by atoms with E-state index in [0.717, 1.165) is 12.8 Å². The molecule has 2 unspecified atom stereocenters. The third kappa shape index (κ3) is 5.56. The van der Waals surface area contributed by atoms with Gasteiger partial charge in [-0.15, -0.1) is 11.3 Å². The molecule has 148 valence electrons. The van der Waals surface area contributed by atoms with Crippen molar-refractivity contribution in [1.29, 1.82) is 0 Å². The monoisotopic (exact) mass is 400 g/mol. The molecule has 6 nitrogen and oxygen atoms in total. The first-order valence-electron chi connectivity index (χ1n) is 9.63. The largest absolute Gasteiger partial charge is 0.300 e. The van der Waals surface area contributed by atoms with E-state index in [9.17, 15) is 14.4 Å². The summed E-state index contributed by atoms with van der Waals surface area (Å²) in [6, 6.07) is 7.12. The molecule has 1 aliphatic carbocycles. The highest BCUT2D eigenvalue weighted by molar-refractivity contribution is 7.12. The van der Waals surface area contributed by atoms with Gasteiger partial charge in [-0.05, 0) is 42.2 Å². The van der Waals surface area contributed by atoms with Crippen molar-refractivity contribution in [2.75, 3.05) is 6.54 Å². The first kappa shape index (κ1) is 20.4. The standard InChI is InChI=1S/C21H25N3O3S/c1-15(16-5-2-7-18(25)11-16)12-22-23-21(27)17-6-3-9-24(13-17)14-19(26)20-8-4-10-28-20/h3-4,6,8-10,13,15-16,22H,2,5,7,11-12,14H2,1H3/p+1. The van der Waals surface area contributed by atoms with E-state index < -0.39 is 0 Å². The molecule has 3 rings (SSSR count). The van der Waals surface area contributed by atoms with E-state index in [0.29, 0.717) is 47.4 Å². The Kier molecular flexibility index (Phi) is 7.06. The first-order valence-corrected chi connectivity index (χ1v) is 10.5. The van der Waals surface area contributed by atoms with Gasteiger partial charge in [0.05, 0.1) is 4.88 Å². The zero-order chi connectivity index (χ0) is 19.9. The van der Waals surface area contributed by atoms with Gasteiger partial charge in [-0.1, -0.05) is 13.0 Å². The van der Waals surface area contributed by atoms with Crippen LogP contribution in [0.1, 0.15) is 52.6 Å². The maximum atomic E-state index is 12.4. The van der Waals surface area contributed by atoms with Crippen molar-refractivity contribution in [3.8, 4) is 0 Å². The third-order valence-electron chi connectivity index (χ3n) is 5.19. The fourth-order valence-corrected chi connectivity index (χ4v) is 4.17. The second-order valence-electron chi connectivity index (χ2n) is 7.37. The molecule has 2 aromatic rings. The summed E-state index contributed by atoms with van der Waals surface area (Å²) in [5.41, 5.74) is 6.19. The molecule has 7 heteroatoms. The number of thiophene rings is 1. The van der Waals surface area contributed by atoms with Gasteiger partial charge in [-0.3, -0.25) is 19.8 Å². The van der Waals surface area contributed by atoms with Gasteiger partial charge in [0.1, 0.15) is 11.3 Å². The molecule has 1 amide bonds. The minimum atomic E-state index is -0.246. The Morgan fingerprint density at radius 2 is 2.18 bits per heavy atom. The van der Waals surface area contributed by atoms with E-state index >= 15 is 0 Å². The number of pyridine rings is 1. The average molecular weight is 401 g/mol. The Morgan fingerprint density at radius 3 is 2.93 bits per heavy atom. The second-order valence-corrected chi connectivity index (χ2v) is 8.32. The molecule has 2 heterocycles. The molecule has 0 saturated heterocycles. The molecule has 1 fully saturated rings. The highest BCUT2D eigenvalue weighted by atomic mass is 32.1. The summed E-state index contributed by atoms with van der Waals surface area (Å²) in [4.78, 5) is 36.9. The Hall–Kier alpha value is -2.38. The minimum absolute atomic E-state index is 0.0199. The summed E-state index contributed by atoms with van der Waals surface area (Å²) in [6.07, 6.45) is 6.83. The third-order valence-corrected chi connectivity index (χ3v) is 6.10. The SMILES string of the molecule is CC(CNNC(=O)c1ccc[n+](CC(=O)c2cccs2)c1)C1CCCC(=O)C1. The summed E-state index contributed by atoms with van der Waals surface area (Å²) >= 11 is 1.41. The number of nitrogens with zero attached hydrogens (tertiary/aromatic N) is 1. The minimum Gasteiger partial charge on any atom is -0.300 e. The Bertz CT molecular complexity index is 835. The Balaban J connectivity index is 1.49. The van der Waals surface area contributed by atoms with Gasteiger partial charge >= 0.3 is 0 Å². The number of amides is 1. The van der Waals surface area contributed by atoms with Gasteiger partial charge in [-0.2, -0.15) is 4.57 Å². The van der Waals surface area contributed by atoms with E-state index in [1.54, 1.807) is 35.2 Å². The number of rotatable bonds is 8. The molecule has 0 spiro atoms. The lowest BCUT2D eigenvalue weighted by Crippen LogP contribution is -2.43. The van der Waals surface area contributed by atoms with E-state index in [2.05, 4.69) is 17.8 Å². The van der Waals surface area contributed by atoms with Crippen molar-refractivity contribution in [3.63, 3.8) is 0 Å². The van der Waals surface area contributed by atoms with Crippen LogP contribution in [0.3, 0.4) is 0 Å². The highest BCUT2D eigenvalue weighted by Crippen LogP contribution is 2.27. The van der Waals surface area contributed by atoms with Crippen LogP contribution in [0.5, 0.6) is 0 Å². The molecule has 0 bridgehead atoms. The van der Waals surface area contributed by atoms with Crippen LogP contribution in [0.2, 0.25) is 0 Å². The quantitative estimate of drug-likeness (QED) is 0.405. The predicted molar refractivity (Wildman–Crippen MR) is 107 cm³/mol. The van der Waals surface area contributed by atoms with Crippen LogP contribution in [0, 0.1) is 11.8 Å². The van der Waals surface area contributed by atoms with Gasteiger partial charge in [0.25, 0.3) is 5.91 Å². The van der Waals surface area contributed by atoms with Gasteiger partial charge in [0.15, 0.2) is 12.4 Å². The van der Waals surface area contributed by atoms with Crippen molar-refractivity contribution in [2.45, 2.75) is 39.2 Å². The lowest BCUT2D eigenvalue weighted by Gasteiger charge is -2.27. The topological polar surface area (TPSA) is 79.2 Å². The molecule has 0 aromatic carbocycles. The van der Waals surface area contributed by atoms with Gasteiger partial charge in [0, 0.05) is 25.5 Å². The number of Topliss-reactive ketones (excluding diaryl/α,β-unsaturated/α-hetero) is 2. The molecular formula is C21H26N3O3S+. The van der Waals surface area contributed by atoms with Crippen LogP contribution >= 0.6 is 11.3 Å². The molecule has 28 heavy (non-hydrogen) atoms. The number of hydrogen-bond acceptors (Lipinski definition) is 5. The zero-order valence-corrected chi connectivity index (χ0v) is 16.8. The normalized spacial score (nSPS) is 17.9. The van der Waals surface area contributed by atoms with E-state index in [-0.39, 0.29) is 18.2 Å². The molecule has 2 N–H and O–H groups in total. The van der Waals surface area contributed by atoms with E-state index in [1.165, 1.54) is 11.3 Å². The molecular weight excluding hydrogens is 374 g/mol. The summed E-state index contributed by atoms with van der Waals surface area (Å²) in [7, 11) is 0. The summed E-state index contributed by atoms with van der Waals surface area (Å²) in [6.45, 7) is 2.92. The van der Waals surface area contributed by atoms with Crippen molar-refractivity contribution < 1.29 is 19.0 Å². The summed E-state index contributed by atoms with van der Waals surface area (Å²) in [5, 5.41) is 1.87. The lowest BCUT2D eigenvalue weighted by atomic mass is 9.80. The number of nitrogens with one attached hydrogen (secondary N) is 2. The lowest BCUT2D eigenvalue weighted by molar-refractivity contribution is -0.683. The molecule has 2 atom stereocenters. The maximum absolute atomic E-state index is 12.4. The van der Waals surface area contributed by atoms with E-state index in [1.807, 2.05) is 11.4 Å². The van der Waals surface area contributed by atoms with Crippen molar-refractivity contribution in [3.05, 3.63) is 52.5 Å². The number of ketones is 2. The van der Waals surface area contributed by atoms with Crippen LogP contribution in [0.25, 0.3) is 0 Å². The van der Waals surface area contributed by atoms with Crippen LogP contribution in [-0.2, 0) is 11.3 Å². The van der Waals surface area contributed by atoms with Crippen LogP contribution < -0.4 is 15.4 Å². The first-order chi connectivity index (χ1) is 13.5. The predicted octanol–water partition coefficient (Wildman–Crippen LogP) is 2.55. The summed E-state index contributed by atoms with van der Waals surface area (Å²) < 4.78 is 1.72. The van der Waals surface area contributed by atoms with Crippen molar-refractivity contribution >= 4 is 28.8 Å². The number of carbonyl (C=O) groups is 3. The smallest absolute Gasteiger partial charge is 0.271 e. The Labute approximate surface area is 168 Å². The Morgan fingerprint density at radius 1 is 1.32 bits per heavy atom. The van der Waals surface area contributed by atoms with Crippen LogP contribution in [0.4, 0.5) is 0 Å². The number of hydrogen-bond donors (Lipinski definition) is 2. The molecule has 1 saturated carbocycles. The number of carbonyl (C=O) groups excluding carboxylic acids is 3. The van der Waals surface area contributed by atoms with Crippen molar-refractivity contribution in [1.82, 2.24) is 10.9 Å². The summed E-state index contributed by atoms with van der Waals surface area (Å²) in [5.74, 6) is 0.816. The number of hydrazine groups is 1. The molecule has 1 aliphatic rings. The van der Waals surface area contributed by atoms with Crippen molar-refractivity contribution in [2.24, 2.45) is 11.8 Å². The van der Waals surface area contributed by atoms with Gasteiger partial charge in [0.2, 0.25) is 12.3 Å². The maximum Gasteiger partial charge on any atom is 0.271 e. The van der Waals surface area contributed by atoms with Gasteiger partial charge in [-0.25, -0.2) is 5.43 Å². The fraction of sp³-hybridized carbons (Fsp3) is 0.429. The molecule has 0 aliphatic heterocycles. The van der Waals surface area contributed by atoms with Crippen LogP contribution in [-0.4, -0.2) is 24.0 Å². The average Bonchev–Trinajstić information content (AvgIpc) is 3.23. The van der Waals surface area contributed by atoms with Crippen LogP contribution in [0.15, 0.2) is 42.0 Å². The second kappa shape index (κ2) is 9.71. The zero-order valence-electron chi connectivity index (χ0n) is 16.0. The van der Waals surface area contributed by atoms with Gasteiger partial charge < -0.3 is 0 Å². The highest BCUT2D eigenvalue weighted by Gasteiger charge is 2.24.